The third-order valence-electron chi connectivity index (χ3n) is 7.09. The third kappa shape index (κ3) is 9.00. The predicted molar refractivity (Wildman–Crippen MR) is 130 cm³/mol. The van der Waals surface area contributed by atoms with Crippen LogP contribution >= 0.6 is 0 Å². The molecule has 1 heterocycles. The van der Waals surface area contributed by atoms with E-state index >= 15 is 0 Å². The monoisotopic (exact) mass is 528 g/mol. The van der Waals surface area contributed by atoms with E-state index in [0.717, 1.165) is 19.3 Å². The lowest BCUT2D eigenvalue weighted by Gasteiger charge is -2.33. The molecule has 1 saturated heterocycles. The Morgan fingerprint density at radius 3 is 2.08 bits per heavy atom. The number of rotatable bonds is 9. The first-order chi connectivity index (χ1) is 16.8. The SMILES string of the molecule is CC(C)(C)C[C@H](NC(=O)[C@@H](CC(=O)C(F)(F)F)C(C)(C)C)C(=O)N[C@H](C#N)C[C@@H]1CCC2(CC2)NC1=O. The average molecular weight is 529 g/mol. The van der Waals surface area contributed by atoms with E-state index < -0.39 is 64.9 Å². The van der Waals surface area contributed by atoms with Gasteiger partial charge in [-0.2, -0.15) is 18.4 Å². The number of nitrogens with one attached hydrogen (secondary N) is 3. The van der Waals surface area contributed by atoms with Gasteiger partial charge in [0, 0.05) is 17.9 Å². The zero-order valence-corrected chi connectivity index (χ0v) is 22.5. The number of halogens is 3. The summed E-state index contributed by atoms with van der Waals surface area (Å²) in [4.78, 5) is 50.4. The molecule has 0 unspecified atom stereocenters. The summed E-state index contributed by atoms with van der Waals surface area (Å²) in [6, 6.07) is -0.130. The fourth-order valence-corrected chi connectivity index (χ4v) is 4.65. The molecule has 1 aliphatic carbocycles. The normalized spacial score (nSPS) is 21.7. The summed E-state index contributed by atoms with van der Waals surface area (Å²) in [5, 5.41) is 17.8. The van der Waals surface area contributed by atoms with Gasteiger partial charge in [0.2, 0.25) is 23.5 Å². The molecule has 2 aliphatic rings. The molecule has 4 atom stereocenters. The van der Waals surface area contributed by atoms with Crippen LogP contribution in [0.25, 0.3) is 0 Å². The van der Waals surface area contributed by atoms with Crippen LogP contribution in [-0.4, -0.2) is 47.3 Å². The topological polar surface area (TPSA) is 128 Å². The van der Waals surface area contributed by atoms with E-state index in [1.54, 1.807) is 20.8 Å². The number of nitriles is 1. The number of alkyl halides is 3. The molecule has 1 spiro atoms. The Labute approximate surface area is 216 Å². The van der Waals surface area contributed by atoms with Crippen LogP contribution in [0, 0.1) is 34.0 Å². The first kappa shape index (κ1) is 30.6. The number of carbonyl (C=O) groups is 4. The van der Waals surface area contributed by atoms with Gasteiger partial charge >= 0.3 is 6.18 Å². The van der Waals surface area contributed by atoms with E-state index in [4.69, 9.17) is 0 Å². The van der Waals surface area contributed by atoms with E-state index in [9.17, 15) is 37.6 Å². The molecule has 0 radical (unpaired) electrons. The predicted octanol–water partition coefficient (Wildman–Crippen LogP) is 3.55. The van der Waals surface area contributed by atoms with Crippen molar-refractivity contribution in [1.29, 1.82) is 5.26 Å². The summed E-state index contributed by atoms with van der Waals surface area (Å²) in [6.45, 7) is 10.1. The van der Waals surface area contributed by atoms with Gasteiger partial charge in [-0.15, -0.1) is 0 Å². The number of piperidine rings is 1. The van der Waals surface area contributed by atoms with Crippen LogP contribution in [-0.2, 0) is 19.2 Å². The van der Waals surface area contributed by atoms with Crippen molar-refractivity contribution >= 4 is 23.5 Å². The molecule has 3 N–H and O–H groups in total. The maximum Gasteiger partial charge on any atom is 0.449 e. The molecular formula is C26H39F3N4O4. The summed E-state index contributed by atoms with van der Waals surface area (Å²) in [7, 11) is 0. The van der Waals surface area contributed by atoms with Crippen molar-refractivity contribution in [3.8, 4) is 6.07 Å². The van der Waals surface area contributed by atoms with Crippen molar-refractivity contribution in [2.75, 3.05) is 0 Å². The third-order valence-corrected chi connectivity index (χ3v) is 7.09. The van der Waals surface area contributed by atoms with Crippen molar-refractivity contribution in [3.05, 3.63) is 0 Å². The number of hydrogen-bond donors (Lipinski definition) is 3. The number of nitrogens with zero attached hydrogens (tertiary/aromatic N) is 1. The minimum atomic E-state index is -5.07. The zero-order valence-electron chi connectivity index (χ0n) is 22.5. The summed E-state index contributed by atoms with van der Waals surface area (Å²) >= 11 is 0. The van der Waals surface area contributed by atoms with Crippen LogP contribution in [0.3, 0.4) is 0 Å². The van der Waals surface area contributed by atoms with Gasteiger partial charge < -0.3 is 16.0 Å². The first-order valence-corrected chi connectivity index (χ1v) is 12.7. The number of ketones is 1. The molecule has 0 aromatic heterocycles. The quantitative estimate of drug-likeness (QED) is 0.422. The molecule has 0 aromatic rings. The molecule has 1 aliphatic heterocycles. The van der Waals surface area contributed by atoms with Crippen LogP contribution in [0.5, 0.6) is 0 Å². The Balaban J connectivity index is 2.13. The van der Waals surface area contributed by atoms with Crippen LogP contribution in [0.15, 0.2) is 0 Å². The highest BCUT2D eigenvalue weighted by Crippen LogP contribution is 2.44. The van der Waals surface area contributed by atoms with Crippen molar-refractivity contribution in [2.24, 2.45) is 22.7 Å². The zero-order chi connectivity index (χ0) is 28.4. The van der Waals surface area contributed by atoms with E-state index in [1.165, 1.54) is 0 Å². The van der Waals surface area contributed by atoms with E-state index in [0.29, 0.717) is 6.42 Å². The van der Waals surface area contributed by atoms with Crippen molar-refractivity contribution in [2.45, 2.75) is 110 Å². The molecule has 8 nitrogen and oxygen atoms in total. The van der Waals surface area contributed by atoms with E-state index in [2.05, 4.69) is 16.0 Å². The second-order valence-electron chi connectivity index (χ2n) is 12.8. The molecule has 3 amide bonds. The second-order valence-corrected chi connectivity index (χ2v) is 12.8. The van der Waals surface area contributed by atoms with Crippen molar-refractivity contribution in [1.82, 2.24) is 16.0 Å². The number of amides is 3. The van der Waals surface area contributed by atoms with Crippen molar-refractivity contribution in [3.63, 3.8) is 0 Å². The molecular weight excluding hydrogens is 489 g/mol. The maximum absolute atomic E-state index is 13.2. The fourth-order valence-electron chi connectivity index (χ4n) is 4.65. The number of Topliss-reactive ketones (excluding diaryl/α,β-unsaturated/α-hetero) is 1. The summed E-state index contributed by atoms with van der Waals surface area (Å²) in [5.74, 6) is -5.42. The summed E-state index contributed by atoms with van der Waals surface area (Å²) < 4.78 is 38.8. The Kier molecular flexibility index (Phi) is 9.09. The standard InChI is InChI=1S/C26H39F3N4O4/c1-23(2,3)13-18(32-21(36)17(24(4,5)6)12-19(34)26(27,28)29)22(37)31-16(14-30)11-15-7-8-25(9-10-25)33-20(15)35/h15-18H,7-13H2,1-6H3,(H,31,37)(H,32,36)(H,33,35)/t15-,16-,17+,18-/m0/s1. The maximum atomic E-state index is 13.2. The number of hydrogen-bond acceptors (Lipinski definition) is 5. The minimum Gasteiger partial charge on any atom is -0.350 e. The Morgan fingerprint density at radius 1 is 1.05 bits per heavy atom. The van der Waals surface area contributed by atoms with E-state index in [-0.39, 0.29) is 24.3 Å². The molecule has 0 aromatic carbocycles. The van der Waals surface area contributed by atoms with Gasteiger partial charge in [-0.25, -0.2) is 0 Å². The average Bonchev–Trinajstić information content (AvgIpc) is 3.48. The highest BCUT2D eigenvalue weighted by Gasteiger charge is 2.48. The molecule has 11 heteroatoms. The molecule has 2 fully saturated rings. The Bertz CT molecular complexity index is 939. The van der Waals surface area contributed by atoms with Gasteiger partial charge in [-0.05, 0) is 49.4 Å². The van der Waals surface area contributed by atoms with Gasteiger partial charge in [0.25, 0.3) is 0 Å². The second kappa shape index (κ2) is 11.0. The smallest absolute Gasteiger partial charge is 0.350 e. The summed E-state index contributed by atoms with van der Waals surface area (Å²) in [6.07, 6.45) is -2.53. The lowest BCUT2D eigenvalue weighted by molar-refractivity contribution is -0.173. The number of carbonyl (C=O) groups excluding carboxylic acids is 4. The van der Waals surface area contributed by atoms with Gasteiger partial charge in [-0.3, -0.25) is 19.2 Å². The molecule has 2 rings (SSSR count). The lowest BCUT2D eigenvalue weighted by atomic mass is 9.76. The van der Waals surface area contributed by atoms with Crippen LogP contribution < -0.4 is 16.0 Å². The van der Waals surface area contributed by atoms with Gasteiger partial charge in [-0.1, -0.05) is 41.5 Å². The van der Waals surface area contributed by atoms with Gasteiger partial charge in [0.1, 0.15) is 12.1 Å². The van der Waals surface area contributed by atoms with Crippen LogP contribution in [0.2, 0.25) is 0 Å². The first-order valence-electron chi connectivity index (χ1n) is 12.7. The Morgan fingerprint density at radius 2 is 1.65 bits per heavy atom. The van der Waals surface area contributed by atoms with Gasteiger partial charge in [0.05, 0.1) is 12.0 Å². The van der Waals surface area contributed by atoms with Crippen LogP contribution in [0.1, 0.15) is 86.5 Å². The fraction of sp³-hybridized carbons (Fsp3) is 0.808. The molecule has 0 bridgehead atoms. The van der Waals surface area contributed by atoms with Crippen LogP contribution in [0.4, 0.5) is 13.2 Å². The highest BCUT2D eigenvalue weighted by molar-refractivity contribution is 5.93. The molecule has 208 valence electrons. The van der Waals surface area contributed by atoms with E-state index in [1.807, 2.05) is 26.8 Å². The lowest BCUT2D eigenvalue weighted by Crippen LogP contribution is -2.54. The highest BCUT2D eigenvalue weighted by atomic mass is 19.4. The van der Waals surface area contributed by atoms with Gasteiger partial charge in [0.15, 0.2) is 0 Å². The largest absolute Gasteiger partial charge is 0.449 e. The minimum absolute atomic E-state index is 0.0991. The molecule has 1 saturated carbocycles. The summed E-state index contributed by atoms with van der Waals surface area (Å²) in [5.41, 5.74) is -1.55. The van der Waals surface area contributed by atoms with Crippen molar-refractivity contribution < 1.29 is 32.3 Å². The molecule has 37 heavy (non-hydrogen) atoms. The Hall–Kier alpha value is -2.64.